The molecule has 1 aromatic rings. The first-order valence-corrected chi connectivity index (χ1v) is 7.62. The summed E-state index contributed by atoms with van der Waals surface area (Å²) in [4.78, 5) is 17.2. The van der Waals surface area contributed by atoms with Gasteiger partial charge < -0.3 is 15.4 Å². The summed E-state index contributed by atoms with van der Waals surface area (Å²) in [6, 6.07) is 0.0131. The number of carbonyl (C=O) groups is 1. The fraction of sp³-hybridized carbons (Fsp3) is 0.714. The van der Waals surface area contributed by atoms with Crippen LogP contribution < -0.4 is 10.6 Å². The molecule has 0 aliphatic heterocycles. The highest BCUT2D eigenvalue weighted by Crippen LogP contribution is 2.16. The molecule has 5 nitrogen and oxygen atoms in total. The average molecular weight is 299 g/mol. The Hall–Kier alpha value is -1.14. The number of nitrogens with zero attached hydrogens (tertiary/aromatic N) is 1. The highest BCUT2D eigenvalue weighted by atomic mass is 32.1. The van der Waals surface area contributed by atoms with Crippen molar-refractivity contribution in [3.8, 4) is 0 Å². The van der Waals surface area contributed by atoms with Gasteiger partial charge in [0.15, 0.2) is 0 Å². The van der Waals surface area contributed by atoms with Crippen molar-refractivity contribution in [3.63, 3.8) is 0 Å². The van der Waals surface area contributed by atoms with Gasteiger partial charge >= 0.3 is 6.09 Å². The van der Waals surface area contributed by atoms with Gasteiger partial charge in [-0.2, -0.15) is 0 Å². The molecule has 1 atom stereocenters. The second kappa shape index (κ2) is 7.04. The fourth-order valence-corrected chi connectivity index (χ4v) is 2.61. The summed E-state index contributed by atoms with van der Waals surface area (Å²) >= 11 is 1.70. The lowest BCUT2D eigenvalue weighted by atomic mass is 10.2. The lowest BCUT2D eigenvalue weighted by Gasteiger charge is -2.22. The Kier molecular flexibility index (Phi) is 5.95. The SMILES string of the molecule is Cc1nc(C)c(CNCC(C)NC(=O)OC(C)(C)C)s1. The molecule has 0 spiro atoms. The van der Waals surface area contributed by atoms with Gasteiger partial charge in [0.05, 0.1) is 10.7 Å². The molecule has 0 fully saturated rings. The second-order valence-electron chi connectivity index (χ2n) is 5.92. The van der Waals surface area contributed by atoms with E-state index < -0.39 is 5.60 Å². The summed E-state index contributed by atoms with van der Waals surface area (Å²) < 4.78 is 5.21. The van der Waals surface area contributed by atoms with Gasteiger partial charge in [0.2, 0.25) is 0 Å². The molecule has 20 heavy (non-hydrogen) atoms. The molecule has 0 radical (unpaired) electrons. The Morgan fingerprint density at radius 2 is 2.05 bits per heavy atom. The highest BCUT2D eigenvalue weighted by molar-refractivity contribution is 7.11. The number of aromatic nitrogens is 1. The van der Waals surface area contributed by atoms with E-state index in [-0.39, 0.29) is 12.1 Å². The number of ether oxygens (including phenoxy) is 1. The molecule has 0 bridgehead atoms. The number of alkyl carbamates (subject to hydrolysis) is 1. The minimum Gasteiger partial charge on any atom is -0.444 e. The summed E-state index contributed by atoms with van der Waals surface area (Å²) in [5.41, 5.74) is 0.613. The third kappa shape index (κ3) is 6.34. The summed E-state index contributed by atoms with van der Waals surface area (Å²) in [5.74, 6) is 0. The molecule has 0 saturated heterocycles. The van der Waals surface area contributed by atoms with Crippen LogP contribution in [-0.4, -0.2) is 29.3 Å². The van der Waals surface area contributed by atoms with Gasteiger partial charge in [-0.15, -0.1) is 11.3 Å². The molecule has 1 aromatic heterocycles. The number of carbonyl (C=O) groups excluding carboxylic acids is 1. The first-order chi connectivity index (χ1) is 9.17. The van der Waals surface area contributed by atoms with Gasteiger partial charge in [0, 0.05) is 24.0 Å². The zero-order valence-corrected chi connectivity index (χ0v) is 14.0. The summed E-state index contributed by atoms with van der Waals surface area (Å²) in [5, 5.41) is 7.21. The zero-order valence-electron chi connectivity index (χ0n) is 13.2. The normalized spacial score (nSPS) is 13.1. The Labute approximate surface area is 125 Å². The van der Waals surface area contributed by atoms with Crippen LogP contribution in [0, 0.1) is 13.8 Å². The van der Waals surface area contributed by atoms with Gasteiger partial charge in [-0.1, -0.05) is 0 Å². The molecule has 2 N–H and O–H groups in total. The van der Waals surface area contributed by atoms with Crippen molar-refractivity contribution >= 4 is 17.4 Å². The first-order valence-electron chi connectivity index (χ1n) is 6.80. The van der Waals surface area contributed by atoms with Crippen LogP contribution in [0.2, 0.25) is 0 Å². The number of amides is 1. The Morgan fingerprint density at radius 1 is 1.40 bits per heavy atom. The summed E-state index contributed by atoms with van der Waals surface area (Å²) in [6.07, 6.45) is -0.378. The fourth-order valence-electron chi connectivity index (χ4n) is 1.70. The van der Waals surface area contributed by atoms with E-state index in [4.69, 9.17) is 4.74 Å². The van der Waals surface area contributed by atoms with Crippen molar-refractivity contribution in [3.05, 3.63) is 15.6 Å². The van der Waals surface area contributed by atoms with E-state index in [1.54, 1.807) is 11.3 Å². The van der Waals surface area contributed by atoms with Gasteiger partial charge in [0.25, 0.3) is 0 Å². The molecule has 1 heterocycles. The van der Waals surface area contributed by atoms with Crippen molar-refractivity contribution in [1.82, 2.24) is 15.6 Å². The molecule has 0 aliphatic rings. The van der Waals surface area contributed by atoms with Crippen LogP contribution in [0.4, 0.5) is 4.79 Å². The second-order valence-corrected chi connectivity index (χ2v) is 7.21. The number of aryl methyl sites for hydroxylation is 2. The van der Waals surface area contributed by atoms with E-state index in [1.807, 2.05) is 41.5 Å². The molecular weight excluding hydrogens is 274 g/mol. The largest absolute Gasteiger partial charge is 0.444 e. The van der Waals surface area contributed by atoms with Crippen LogP contribution in [0.5, 0.6) is 0 Å². The van der Waals surface area contributed by atoms with Gasteiger partial charge in [0.1, 0.15) is 5.60 Å². The van der Waals surface area contributed by atoms with Crippen LogP contribution in [0.25, 0.3) is 0 Å². The predicted octanol–water partition coefficient (Wildman–Crippen LogP) is 2.76. The number of thiazole rings is 1. The van der Waals surface area contributed by atoms with Crippen LogP contribution in [0.1, 0.15) is 43.3 Å². The lowest BCUT2D eigenvalue weighted by molar-refractivity contribution is 0.0508. The van der Waals surface area contributed by atoms with Crippen molar-refractivity contribution in [2.75, 3.05) is 6.54 Å². The third-order valence-corrected chi connectivity index (χ3v) is 3.57. The van der Waals surface area contributed by atoms with Crippen molar-refractivity contribution < 1.29 is 9.53 Å². The maximum Gasteiger partial charge on any atom is 0.407 e. The minimum atomic E-state index is -0.464. The highest BCUT2D eigenvalue weighted by Gasteiger charge is 2.17. The molecule has 114 valence electrons. The Bertz CT molecular complexity index is 452. The van der Waals surface area contributed by atoms with Crippen molar-refractivity contribution in [1.29, 1.82) is 0 Å². The average Bonchev–Trinajstić information content (AvgIpc) is 2.54. The predicted molar refractivity (Wildman–Crippen MR) is 82.1 cm³/mol. The quantitative estimate of drug-likeness (QED) is 0.877. The standard InChI is InChI=1S/C14H25N3O2S/c1-9(16-13(18)19-14(4,5)6)7-15-8-12-10(2)17-11(3)20-12/h9,15H,7-8H2,1-6H3,(H,16,18). The topological polar surface area (TPSA) is 63.2 Å². The van der Waals surface area contributed by atoms with Crippen LogP contribution >= 0.6 is 11.3 Å². The van der Waals surface area contributed by atoms with E-state index >= 15 is 0 Å². The maximum absolute atomic E-state index is 11.6. The Morgan fingerprint density at radius 3 is 2.55 bits per heavy atom. The third-order valence-electron chi connectivity index (χ3n) is 2.50. The monoisotopic (exact) mass is 299 g/mol. The molecular formula is C14H25N3O2S. The van der Waals surface area contributed by atoms with E-state index in [9.17, 15) is 4.79 Å². The van der Waals surface area contributed by atoms with Gasteiger partial charge in [-0.3, -0.25) is 0 Å². The molecule has 1 unspecified atom stereocenters. The lowest BCUT2D eigenvalue weighted by Crippen LogP contribution is -2.42. The molecule has 1 rings (SSSR count). The van der Waals surface area contributed by atoms with E-state index in [0.29, 0.717) is 6.54 Å². The molecule has 0 aliphatic carbocycles. The number of hydrogen-bond donors (Lipinski definition) is 2. The van der Waals surface area contributed by atoms with E-state index in [0.717, 1.165) is 17.2 Å². The molecule has 0 saturated carbocycles. The summed E-state index contributed by atoms with van der Waals surface area (Å²) in [6.45, 7) is 13.0. The number of hydrogen-bond acceptors (Lipinski definition) is 5. The van der Waals surface area contributed by atoms with E-state index in [1.165, 1.54) is 4.88 Å². The van der Waals surface area contributed by atoms with Crippen LogP contribution in [-0.2, 0) is 11.3 Å². The van der Waals surface area contributed by atoms with Gasteiger partial charge in [-0.25, -0.2) is 9.78 Å². The first kappa shape index (κ1) is 16.9. The molecule has 1 amide bonds. The summed E-state index contributed by atoms with van der Waals surface area (Å²) in [7, 11) is 0. The number of nitrogens with one attached hydrogen (secondary N) is 2. The Balaban J connectivity index is 2.28. The molecule has 0 aromatic carbocycles. The van der Waals surface area contributed by atoms with Crippen molar-refractivity contribution in [2.24, 2.45) is 0 Å². The van der Waals surface area contributed by atoms with Crippen LogP contribution in [0.15, 0.2) is 0 Å². The molecule has 6 heteroatoms. The van der Waals surface area contributed by atoms with E-state index in [2.05, 4.69) is 15.6 Å². The van der Waals surface area contributed by atoms with Gasteiger partial charge in [-0.05, 0) is 41.5 Å². The minimum absolute atomic E-state index is 0.0131. The van der Waals surface area contributed by atoms with Crippen LogP contribution in [0.3, 0.4) is 0 Å². The van der Waals surface area contributed by atoms with Crippen molar-refractivity contribution in [2.45, 2.75) is 59.7 Å². The number of rotatable bonds is 5. The zero-order chi connectivity index (χ0) is 15.3. The maximum atomic E-state index is 11.6. The smallest absolute Gasteiger partial charge is 0.407 e.